The van der Waals surface area contributed by atoms with Crippen LogP contribution in [0.2, 0.25) is 0 Å². The first-order valence-electron chi connectivity index (χ1n) is 9.10. The number of piperazine rings is 1. The minimum absolute atomic E-state index is 0.0355. The predicted molar refractivity (Wildman–Crippen MR) is 105 cm³/mol. The average molecular weight is 499 g/mol. The number of hydrogen-bond acceptors (Lipinski definition) is 6. The van der Waals surface area contributed by atoms with Crippen molar-refractivity contribution in [1.82, 2.24) is 4.31 Å². The highest BCUT2D eigenvalue weighted by Crippen LogP contribution is 2.43. The number of thiophene rings is 1. The Morgan fingerprint density at radius 2 is 1.84 bits per heavy atom. The maximum Gasteiger partial charge on any atom is 0.431 e. The van der Waals surface area contributed by atoms with Crippen LogP contribution in [0.3, 0.4) is 0 Å². The Morgan fingerprint density at radius 3 is 2.38 bits per heavy atom. The van der Waals surface area contributed by atoms with Gasteiger partial charge in [0.15, 0.2) is 0 Å². The van der Waals surface area contributed by atoms with E-state index in [9.17, 15) is 40.3 Å². The molecule has 0 spiro atoms. The number of sulfonamides is 1. The van der Waals surface area contributed by atoms with Crippen molar-refractivity contribution < 1.29 is 40.3 Å². The summed E-state index contributed by atoms with van der Waals surface area (Å²) in [4.78, 5) is 11.9. The summed E-state index contributed by atoms with van der Waals surface area (Å²) in [5.41, 5.74) is 0.799. The second kappa shape index (κ2) is 8.24. The molecule has 1 aromatic carbocycles. The van der Waals surface area contributed by atoms with Gasteiger partial charge in [0.25, 0.3) is 21.5 Å². The molecule has 1 amide bonds. The van der Waals surface area contributed by atoms with Gasteiger partial charge in [-0.05, 0) is 31.2 Å². The molecule has 3 N–H and O–H groups in total. The number of benzene rings is 1. The number of alkyl halides is 3. The summed E-state index contributed by atoms with van der Waals surface area (Å²) in [6.07, 6.45) is -5.46. The van der Waals surface area contributed by atoms with Crippen LogP contribution in [-0.4, -0.2) is 55.6 Å². The average Bonchev–Trinajstić information content (AvgIpc) is 3.17. The monoisotopic (exact) mass is 499 g/mol. The normalized spacial score (nSPS) is 20.2. The molecule has 1 unspecified atom stereocenters. The molecule has 2 aromatic rings. The summed E-state index contributed by atoms with van der Waals surface area (Å²) in [7, 11) is -4.30. The Labute approximate surface area is 183 Å². The first kappa shape index (κ1) is 24.4. The van der Waals surface area contributed by atoms with Crippen molar-refractivity contribution in [2.75, 3.05) is 24.5 Å². The number of halogens is 5. The van der Waals surface area contributed by atoms with E-state index in [2.05, 4.69) is 0 Å². The molecule has 7 nitrogen and oxygen atoms in total. The van der Waals surface area contributed by atoms with Gasteiger partial charge in [-0.25, -0.2) is 17.2 Å². The second-order valence-electron chi connectivity index (χ2n) is 7.20. The van der Waals surface area contributed by atoms with Crippen molar-refractivity contribution in [1.29, 1.82) is 0 Å². The number of rotatable bonds is 5. The number of carbonyl (C=O) groups is 1. The summed E-state index contributed by atoms with van der Waals surface area (Å²) in [6.45, 7) is 1.47. The Hall–Kier alpha value is -2.29. The fraction of sp³-hybridized carbons (Fsp3) is 0.389. The van der Waals surface area contributed by atoms with E-state index in [-0.39, 0.29) is 36.7 Å². The van der Waals surface area contributed by atoms with Crippen LogP contribution in [0, 0.1) is 11.6 Å². The zero-order chi connectivity index (χ0) is 24.1. The van der Waals surface area contributed by atoms with Crippen LogP contribution in [0.25, 0.3) is 0 Å². The molecule has 3 rings (SSSR count). The first-order valence-corrected chi connectivity index (χ1v) is 11.4. The molecule has 1 fully saturated rings. The number of aliphatic hydroxyl groups is 1. The lowest BCUT2D eigenvalue weighted by Crippen LogP contribution is -2.54. The van der Waals surface area contributed by atoms with E-state index in [4.69, 9.17) is 5.73 Å². The minimum atomic E-state index is -5.46. The molecule has 1 saturated heterocycles. The zero-order valence-electron chi connectivity index (χ0n) is 16.4. The van der Waals surface area contributed by atoms with Gasteiger partial charge >= 0.3 is 6.18 Å². The highest BCUT2D eigenvalue weighted by molar-refractivity contribution is 7.91. The van der Waals surface area contributed by atoms with Crippen molar-refractivity contribution in [2.45, 2.75) is 29.0 Å². The minimum Gasteiger partial charge on any atom is -0.368 e. The van der Waals surface area contributed by atoms with Crippen molar-refractivity contribution in [3.05, 3.63) is 46.8 Å². The standard InChI is InChI=1S/C18H18F5N3O4S2/c1-10-9-25(13-3-2-11(19)8-12(13)20)6-7-26(10)32(29,30)15-5-4-14(31-15)17(28,16(24)27)18(21,22)23/h2-5,8,10,28H,6-7,9H2,1H3,(H2,24,27)/t10-,17?/m1/s1. The molecular weight excluding hydrogens is 481 g/mol. The number of nitrogens with two attached hydrogens (primary N) is 1. The van der Waals surface area contributed by atoms with Crippen LogP contribution in [0.1, 0.15) is 11.8 Å². The number of primary amides is 1. The van der Waals surface area contributed by atoms with E-state index in [1.165, 1.54) is 17.9 Å². The molecule has 2 atom stereocenters. The largest absolute Gasteiger partial charge is 0.431 e. The van der Waals surface area contributed by atoms with Crippen molar-refractivity contribution in [3.63, 3.8) is 0 Å². The van der Waals surface area contributed by atoms with Gasteiger partial charge in [0.05, 0.1) is 10.6 Å². The van der Waals surface area contributed by atoms with E-state index in [1.54, 1.807) is 0 Å². The molecule has 1 aliphatic rings. The lowest BCUT2D eigenvalue weighted by molar-refractivity contribution is -0.254. The van der Waals surface area contributed by atoms with E-state index >= 15 is 0 Å². The molecule has 0 aliphatic carbocycles. The lowest BCUT2D eigenvalue weighted by Gasteiger charge is -2.39. The lowest BCUT2D eigenvalue weighted by atomic mass is 10.0. The van der Waals surface area contributed by atoms with Gasteiger partial charge < -0.3 is 15.7 Å². The summed E-state index contributed by atoms with van der Waals surface area (Å²) < 4.78 is 93.6. The van der Waals surface area contributed by atoms with Crippen LogP contribution >= 0.6 is 11.3 Å². The quantitative estimate of drug-likeness (QED) is 0.614. The summed E-state index contributed by atoms with van der Waals surface area (Å²) in [5, 5.41) is 9.88. The number of anilines is 1. The third-order valence-electron chi connectivity index (χ3n) is 5.08. The topological polar surface area (TPSA) is 104 Å². The summed E-state index contributed by atoms with van der Waals surface area (Å²) >= 11 is 0.0831. The molecule has 1 aliphatic heterocycles. The third kappa shape index (κ3) is 4.07. The molecule has 32 heavy (non-hydrogen) atoms. The van der Waals surface area contributed by atoms with Gasteiger partial charge in [0.1, 0.15) is 15.8 Å². The molecule has 0 saturated carbocycles. The molecule has 1 aromatic heterocycles. The number of hydrogen-bond donors (Lipinski definition) is 2. The van der Waals surface area contributed by atoms with E-state index in [0.717, 1.165) is 16.4 Å². The summed E-state index contributed by atoms with van der Waals surface area (Å²) in [6, 6.07) is 3.82. The summed E-state index contributed by atoms with van der Waals surface area (Å²) in [5.74, 6) is -3.66. The molecule has 2 heterocycles. The third-order valence-corrected chi connectivity index (χ3v) is 8.76. The maximum absolute atomic E-state index is 14.1. The highest BCUT2D eigenvalue weighted by atomic mass is 32.2. The number of carbonyl (C=O) groups excluding carboxylic acids is 1. The van der Waals surface area contributed by atoms with Crippen molar-refractivity contribution in [2.24, 2.45) is 5.73 Å². The zero-order valence-corrected chi connectivity index (χ0v) is 18.1. The Morgan fingerprint density at radius 1 is 1.19 bits per heavy atom. The molecule has 176 valence electrons. The van der Waals surface area contributed by atoms with Gasteiger partial charge in [-0.3, -0.25) is 4.79 Å². The predicted octanol–water partition coefficient (Wildman–Crippen LogP) is 2.16. The fourth-order valence-electron chi connectivity index (χ4n) is 3.42. The smallest absolute Gasteiger partial charge is 0.368 e. The van der Waals surface area contributed by atoms with Crippen LogP contribution in [0.15, 0.2) is 34.5 Å². The Bertz CT molecular complexity index is 1140. The van der Waals surface area contributed by atoms with Gasteiger partial charge in [-0.2, -0.15) is 17.5 Å². The van der Waals surface area contributed by atoms with Crippen molar-refractivity contribution >= 4 is 33.0 Å². The van der Waals surface area contributed by atoms with Gasteiger partial charge in [0.2, 0.25) is 0 Å². The van der Waals surface area contributed by atoms with E-state index in [0.29, 0.717) is 12.1 Å². The highest BCUT2D eigenvalue weighted by Gasteiger charge is 2.61. The van der Waals surface area contributed by atoms with Gasteiger partial charge in [-0.15, -0.1) is 11.3 Å². The fourth-order valence-corrected chi connectivity index (χ4v) is 6.59. The van der Waals surface area contributed by atoms with Gasteiger partial charge in [-0.1, -0.05) is 0 Å². The van der Waals surface area contributed by atoms with Crippen LogP contribution in [-0.2, 0) is 20.4 Å². The maximum atomic E-state index is 14.1. The van der Waals surface area contributed by atoms with Crippen molar-refractivity contribution in [3.8, 4) is 0 Å². The molecule has 0 bridgehead atoms. The van der Waals surface area contributed by atoms with Crippen LogP contribution < -0.4 is 10.6 Å². The number of nitrogens with zero attached hydrogens (tertiary/aromatic N) is 2. The molecule has 14 heteroatoms. The van der Waals surface area contributed by atoms with Gasteiger partial charge in [0, 0.05) is 31.7 Å². The molecular formula is C18H18F5N3O4S2. The SMILES string of the molecule is C[C@@H]1CN(c2ccc(F)cc2F)CCN1S(=O)(=O)c1ccc(C(O)(C(N)=O)C(F)(F)F)s1. The van der Waals surface area contributed by atoms with Crippen LogP contribution in [0.4, 0.5) is 27.6 Å². The first-order chi connectivity index (χ1) is 14.7. The molecule has 0 radical (unpaired) electrons. The van der Waals surface area contributed by atoms with Crippen LogP contribution in [0.5, 0.6) is 0 Å². The number of amides is 1. The Kier molecular flexibility index (Phi) is 6.27. The second-order valence-corrected chi connectivity index (χ2v) is 10.4. The Balaban J connectivity index is 1.86. The van der Waals surface area contributed by atoms with E-state index < -0.39 is 54.5 Å². The van der Waals surface area contributed by atoms with E-state index in [1.807, 2.05) is 0 Å².